The molecule has 2 rings (SSSR count). The Labute approximate surface area is 109 Å². The number of benzene rings is 1. The van der Waals surface area contributed by atoms with Crippen molar-refractivity contribution in [1.82, 2.24) is 5.32 Å². The van der Waals surface area contributed by atoms with Crippen molar-refractivity contribution in [3.63, 3.8) is 0 Å². The number of piperazine rings is 1. The molecule has 0 unspecified atom stereocenters. The van der Waals surface area contributed by atoms with Crippen molar-refractivity contribution >= 4 is 11.6 Å². The van der Waals surface area contributed by atoms with E-state index in [1.54, 1.807) is 0 Å². The Bertz CT molecular complexity index is 452. The first-order valence-electron chi connectivity index (χ1n) is 6.55. The standard InChI is InChI=1S/C15H22N2O/c1-11(2)12-7-5-6-8-13(12)17-9-14(18)16-10-15(17,3)4/h5-8,11H,9-10H2,1-4H3,(H,16,18). The third-order valence-electron chi connectivity index (χ3n) is 3.60. The van der Waals surface area contributed by atoms with Crippen LogP contribution in [0.15, 0.2) is 24.3 Å². The number of hydrogen-bond donors (Lipinski definition) is 1. The third kappa shape index (κ3) is 2.35. The van der Waals surface area contributed by atoms with Gasteiger partial charge in [0, 0.05) is 12.2 Å². The Morgan fingerprint density at radius 1 is 1.28 bits per heavy atom. The van der Waals surface area contributed by atoms with Crippen LogP contribution in [0.25, 0.3) is 0 Å². The first-order valence-corrected chi connectivity index (χ1v) is 6.55. The molecule has 1 aromatic rings. The number of carbonyl (C=O) groups excluding carboxylic acids is 1. The topological polar surface area (TPSA) is 32.3 Å². The zero-order valence-corrected chi connectivity index (χ0v) is 11.7. The van der Waals surface area contributed by atoms with Gasteiger partial charge in [0.15, 0.2) is 0 Å². The fourth-order valence-electron chi connectivity index (χ4n) is 2.46. The number of hydrogen-bond acceptors (Lipinski definition) is 2. The van der Waals surface area contributed by atoms with Crippen LogP contribution in [-0.2, 0) is 4.79 Å². The third-order valence-corrected chi connectivity index (χ3v) is 3.60. The van der Waals surface area contributed by atoms with Crippen molar-refractivity contribution in [3.8, 4) is 0 Å². The molecule has 1 fully saturated rings. The highest BCUT2D eigenvalue weighted by Crippen LogP contribution is 2.32. The predicted molar refractivity (Wildman–Crippen MR) is 75.0 cm³/mol. The van der Waals surface area contributed by atoms with E-state index in [1.807, 2.05) is 6.07 Å². The van der Waals surface area contributed by atoms with E-state index in [-0.39, 0.29) is 11.4 Å². The second kappa shape index (κ2) is 4.63. The molecule has 3 nitrogen and oxygen atoms in total. The van der Waals surface area contributed by atoms with Gasteiger partial charge >= 0.3 is 0 Å². The van der Waals surface area contributed by atoms with E-state index in [0.29, 0.717) is 19.0 Å². The molecule has 1 amide bonds. The largest absolute Gasteiger partial charge is 0.355 e. The molecule has 1 heterocycles. The molecule has 0 atom stereocenters. The van der Waals surface area contributed by atoms with Gasteiger partial charge in [-0.15, -0.1) is 0 Å². The molecular weight excluding hydrogens is 224 g/mol. The number of rotatable bonds is 2. The monoisotopic (exact) mass is 246 g/mol. The fourth-order valence-corrected chi connectivity index (χ4v) is 2.46. The van der Waals surface area contributed by atoms with Crippen LogP contribution in [0, 0.1) is 0 Å². The minimum Gasteiger partial charge on any atom is -0.355 e. The maximum atomic E-state index is 11.7. The van der Waals surface area contributed by atoms with Gasteiger partial charge in [-0.2, -0.15) is 0 Å². The number of nitrogens with one attached hydrogen (secondary N) is 1. The predicted octanol–water partition coefficient (Wildman–Crippen LogP) is 2.52. The Kier molecular flexibility index (Phi) is 3.33. The van der Waals surface area contributed by atoms with E-state index in [1.165, 1.54) is 11.3 Å². The summed E-state index contributed by atoms with van der Waals surface area (Å²) in [7, 11) is 0. The van der Waals surface area contributed by atoms with Gasteiger partial charge in [0.1, 0.15) is 0 Å². The summed E-state index contributed by atoms with van der Waals surface area (Å²) in [6.07, 6.45) is 0. The fraction of sp³-hybridized carbons (Fsp3) is 0.533. The minimum atomic E-state index is -0.0428. The lowest BCUT2D eigenvalue weighted by Crippen LogP contribution is -2.60. The van der Waals surface area contributed by atoms with Crippen LogP contribution in [-0.4, -0.2) is 24.5 Å². The van der Waals surface area contributed by atoms with Gasteiger partial charge in [0.25, 0.3) is 0 Å². The summed E-state index contributed by atoms with van der Waals surface area (Å²) in [5.41, 5.74) is 2.45. The normalized spacial score (nSPS) is 18.9. The molecule has 0 aliphatic carbocycles. The lowest BCUT2D eigenvalue weighted by Gasteiger charge is -2.44. The molecule has 0 bridgehead atoms. The highest BCUT2D eigenvalue weighted by molar-refractivity contribution is 5.84. The molecule has 1 aliphatic rings. The Balaban J connectivity index is 2.43. The summed E-state index contributed by atoms with van der Waals surface area (Å²) in [4.78, 5) is 13.9. The first-order chi connectivity index (χ1) is 8.42. The molecule has 18 heavy (non-hydrogen) atoms. The molecule has 1 aromatic carbocycles. The van der Waals surface area contributed by atoms with Crippen LogP contribution in [0.2, 0.25) is 0 Å². The molecular formula is C15H22N2O. The van der Waals surface area contributed by atoms with Crippen molar-refractivity contribution in [1.29, 1.82) is 0 Å². The van der Waals surface area contributed by atoms with Crippen molar-refractivity contribution in [2.45, 2.75) is 39.2 Å². The van der Waals surface area contributed by atoms with Gasteiger partial charge in [0.2, 0.25) is 5.91 Å². The van der Waals surface area contributed by atoms with E-state index in [0.717, 1.165) is 0 Å². The van der Waals surface area contributed by atoms with Gasteiger partial charge in [-0.25, -0.2) is 0 Å². The first kappa shape index (κ1) is 12.9. The van der Waals surface area contributed by atoms with Crippen LogP contribution in [0.3, 0.4) is 0 Å². The van der Waals surface area contributed by atoms with Gasteiger partial charge in [-0.3, -0.25) is 4.79 Å². The van der Waals surface area contributed by atoms with E-state index in [9.17, 15) is 4.79 Å². The number of amides is 1. The van der Waals surface area contributed by atoms with Crippen LogP contribution in [0.4, 0.5) is 5.69 Å². The average Bonchev–Trinajstić information content (AvgIpc) is 2.32. The average molecular weight is 246 g/mol. The van der Waals surface area contributed by atoms with E-state index < -0.39 is 0 Å². The Morgan fingerprint density at radius 2 is 1.94 bits per heavy atom. The van der Waals surface area contributed by atoms with Gasteiger partial charge in [-0.1, -0.05) is 32.0 Å². The van der Waals surface area contributed by atoms with Crippen LogP contribution in [0.1, 0.15) is 39.2 Å². The summed E-state index contributed by atoms with van der Waals surface area (Å²) in [6, 6.07) is 8.39. The Morgan fingerprint density at radius 3 is 2.61 bits per heavy atom. The maximum absolute atomic E-state index is 11.7. The smallest absolute Gasteiger partial charge is 0.239 e. The SMILES string of the molecule is CC(C)c1ccccc1N1CC(=O)NCC1(C)C. The van der Waals surface area contributed by atoms with Gasteiger partial charge < -0.3 is 10.2 Å². The summed E-state index contributed by atoms with van der Waals surface area (Å²) < 4.78 is 0. The molecule has 3 heteroatoms. The summed E-state index contributed by atoms with van der Waals surface area (Å²) in [5.74, 6) is 0.565. The molecule has 1 N–H and O–H groups in total. The molecule has 0 radical (unpaired) electrons. The highest BCUT2D eigenvalue weighted by atomic mass is 16.2. The highest BCUT2D eigenvalue weighted by Gasteiger charge is 2.34. The summed E-state index contributed by atoms with van der Waals surface area (Å²) >= 11 is 0. The zero-order valence-electron chi connectivity index (χ0n) is 11.7. The van der Waals surface area contributed by atoms with Crippen molar-refractivity contribution < 1.29 is 4.79 Å². The molecule has 1 aliphatic heterocycles. The van der Waals surface area contributed by atoms with Crippen LogP contribution < -0.4 is 10.2 Å². The zero-order chi connectivity index (χ0) is 13.3. The molecule has 0 saturated carbocycles. The van der Waals surface area contributed by atoms with Crippen molar-refractivity contribution in [3.05, 3.63) is 29.8 Å². The number of anilines is 1. The number of nitrogens with zero attached hydrogens (tertiary/aromatic N) is 1. The van der Waals surface area contributed by atoms with E-state index in [4.69, 9.17) is 0 Å². The van der Waals surface area contributed by atoms with Gasteiger partial charge in [-0.05, 0) is 31.4 Å². The molecule has 98 valence electrons. The molecule has 1 saturated heterocycles. The minimum absolute atomic E-state index is 0.0428. The van der Waals surface area contributed by atoms with E-state index in [2.05, 4.69) is 56.1 Å². The maximum Gasteiger partial charge on any atom is 0.239 e. The van der Waals surface area contributed by atoms with E-state index >= 15 is 0 Å². The second-order valence-electron chi connectivity index (χ2n) is 5.89. The van der Waals surface area contributed by atoms with Crippen molar-refractivity contribution in [2.24, 2.45) is 0 Å². The summed E-state index contributed by atoms with van der Waals surface area (Å²) in [6.45, 7) is 9.85. The molecule has 0 aromatic heterocycles. The van der Waals surface area contributed by atoms with Crippen LogP contribution >= 0.6 is 0 Å². The Hall–Kier alpha value is -1.51. The quantitative estimate of drug-likeness (QED) is 0.869. The second-order valence-corrected chi connectivity index (χ2v) is 5.89. The van der Waals surface area contributed by atoms with Gasteiger partial charge in [0.05, 0.1) is 12.1 Å². The lowest BCUT2D eigenvalue weighted by atomic mass is 9.94. The van der Waals surface area contributed by atoms with Crippen LogP contribution in [0.5, 0.6) is 0 Å². The number of para-hydroxylation sites is 1. The molecule has 0 spiro atoms. The van der Waals surface area contributed by atoms with Crippen molar-refractivity contribution in [2.75, 3.05) is 18.0 Å². The lowest BCUT2D eigenvalue weighted by molar-refractivity contribution is -0.121. The summed E-state index contributed by atoms with van der Waals surface area (Å²) in [5, 5.41) is 2.94. The number of carbonyl (C=O) groups is 1.